The Kier molecular flexibility index (Phi) is 3.66. The molecule has 3 unspecified atom stereocenters. The fraction of sp³-hybridized carbons (Fsp3) is 0.684. The average Bonchev–Trinajstić information content (AvgIpc) is 2.58. The Labute approximate surface area is 129 Å². The molecule has 3 rings (SSSR count). The molecule has 1 aromatic carbocycles. The van der Waals surface area contributed by atoms with Crippen molar-refractivity contribution in [3.8, 4) is 0 Å². The number of aryl methyl sites for hydroxylation is 1. The van der Waals surface area contributed by atoms with Crippen molar-refractivity contribution in [2.75, 3.05) is 13.1 Å². The second-order valence-electron chi connectivity index (χ2n) is 8.57. The molecule has 2 nitrogen and oxygen atoms in total. The van der Waals surface area contributed by atoms with E-state index in [-0.39, 0.29) is 6.10 Å². The van der Waals surface area contributed by atoms with Crippen molar-refractivity contribution in [2.45, 2.75) is 59.1 Å². The molecule has 3 atom stereocenters. The Morgan fingerprint density at radius 3 is 2.52 bits per heavy atom. The van der Waals surface area contributed by atoms with Gasteiger partial charge in [0.05, 0.1) is 6.10 Å². The molecule has 1 aromatic rings. The van der Waals surface area contributed by atoms with Gasteiger partial charge in [-0.15, -0.1) is 0 Å². The molecule has 1 aliphatic heterocycles. The molecule has 1 N–H and O–H groups in total. The summed E-state index contributed by atoms with van der Waals surface area (Å²) >= 11 is 0. The molecule has 0 radical (unpaired) electrons. The summed E-state index contributed by atoms with van der Waals surface area (Å²) in [5.41, 5.74) is 3.18. The highest BCUT2D eigenvalue weighted by Crippen LogP contribution is 2.52. The van der Waals surface area contributed by atoms with Crippen molar-refractivity contribution in [3.05, 3.63) is 35.4 Å². The van der Waals surface area contributed by atoms with E-state index in [0.717, 1.165) is 18.7 Å². The third kappa shape index (κ3) is 3.17. The lowest BCUT2D eigenvalue weighted by Crippen LogP contribution is -2.36. The Bertz CT molecular complexity index is 507. The normalized spacial score (nSPS) is 33.1. The van der Waals surface area contributed by atoms with E-state index in [4.69, 9.17) is 0 Å². The number of rotatable bonds is 3. The maximum atomic E-state index is 10.6. The zero-order valence-corrected chi connectivity index (χ0v) is 13.9. The van der Waals surface area contributed by atoms with E-state index in [9.17, 15) is 5.11 Å². The Hall–Kier alpha value is -0.860. The van der Waals surface area contributed by atoms with Gasteiger partial charge in [0.2, 0.25) is 0 Å². The van der Waals surface area contributed by atoms with Gasteiger partial charge in [-0.2, -0.15) is 0 Å². The van der Waals surface area contributed by atoms with Crippen molar-refractivity contribution in [2.24, 2.45) is 10.8 Å². The number of fused-ring (bicyclic) bond motifs is 2. The van der Waals surface area contributed by atoms with E-state index >= 15 is 0 Å². The largest absolute Gasteiger partial charge is 0.387 e. The van der Waals surface area contributed by atoms with Crippen LogP contribution in [0.25, 0.3) is 0 Å². The van der Waals surface area contributed by atoms with Gasteiger partial charge in [0.1, 0.15) is 0 Å². The van der Waals surface area contributed by atoms with Crippen LogP contribution in [0.15, 0.2) is 24.3 Å². The molecule has 116 valence electrons. The van der Waals surface area contributed by atoms with Gasteiger partial charge in [-0.3, -0.25) is 4.90 Å². The summed E-state index contributed by atoms with van der Waals surface area (Å²) < 4.78 is 0. The first-order valence-corrected chi connectivity index (χ1v) is 8.25. The zero-order chi connectivity index (χ0) is 15.3. The Balaban J connectivity index is 1.70. The maximum Gasteiger partial charge on any atom is 0.0917 e. The van der Waals surface area contributed by atoms with Gasteiger partial charge in [-0.25, -0.2) is 0 Å². The topological polar surface area (TPSA) is 23.5 Å². The molecule has 2 bridgehead atoms. The highest BCUT2D eigenvalue weighted by molar-refractivity contribution is 5.23. The average molecular weight is 287 g/mol. The number of likely N-dealkylation sites (tertiary alicyclic amines) is 1. The molecule has 0 aromatic heterocycles. The molecule has 1 heterocycles. The Morgan fingerprint density at radius 1 is 1.19 bits per heavy atom. The van der Waals surface area contributed by atoms with Crippen LogP contribution in [0.3, 0.4) is 0 Å². The number of benzene rings is 1. The van der Waals surface area contributed by atoms with Crippen LogP contribution in [0.2, 0.25) is 0 Å². The van der Waals surface area contributed by atoms with Crippen molar-refractivity contribution in [3.63, 3.8) is 0 Å². The second kappa shape index (κ2) is 5.10. The molecule has 21 heavy (non-hydrogen) atoms. The Morgan fingerprint density at radius 2 is 1.86 bits per heavy atom. The predicted octanol–water partition coefficient (Wildman–Crippen LogP) is 3.93. The monoisotopic (exact) mass is 287 g/mol. The van der Waals surface area contributed by atoms with E-state index in [0.29, 0.717) is 16.9 Å². The van der Waals surface area contributed by atoms with E-state index in [1.165, 1.54) is 24.8 Å². The fourth-order valence-electron chi connectivity index (χ4n) is 4.91. The molecular weight excluding hydrogens is 258 g/mol. The second-order valence-corrected chi connectivity index (χ2v) is 8.57. The van der Waals surface area contributed by atoms with Crippen LogP contribution >= 0.6 is 0 Å². The first-order valence-electron chi connectivity index (χ1n) is 8.25. The van der Waals surface area contributed by atoms with Gasteiger partial charge in [-0.05, 0) is 42.6 Å². The van der Waals surface area contributed by atoms with Crippen LogP contribution in [0, 0.1) is 17.8 Å². The van der Waals surface area contributed by atoms with Crippen LogP contribution in [0.1, 0.15) is 57.3 Å². The lowest BCUT2D eigenvalue weighted by atomic mass is 9.65. The number of nitrogens with zero attached hydrogens (tertiary/aromatic N) is 1. The van der Waals surface area contributed by atoms with Crippen LogP contribution < -0.4 is 0 Å². The highest BCUT2D eigenvalue weighted by atomic mass is 16.3. The molecule has 0 spiro atoms. The summed E-state index contributed by atoms with van der Waals surface area (Å²) in [5, 5.41) is 10.6. The van der Waals surface area contributed by atoms with Gasteiger partial charge in [0.15, 0.2) is 0 Å². The standard InChI is InChI=1S/C19H29NO/c1-14-5-7-15(8-6-14)17(21)11-20-13-19(4)10-16(20)9-18(2,3)12-19/h5-8,16-17,21H,9-13H2,1-4H3. The minimum Gasteiger partial charge on any atom is -0.387 e. The van der Waals surface area contributed by atoms with Crippen LogP contribution in [0.4, 0.5) is 0 Å². The van der Waals surface area contributed by atoms with Crippen LogP contribution in [-0.2, 0) is 0 Å². The molecule has 2 fully saturated rings. The van der Waals surface area contributed by atoms with Crippen molar-refractivity contribution < 1.29 is 5.11 Å². The van der Waals surface area contributed by atoms with Gasteiger partial charge in [-0.1, -0.05) is 50.6 Å². The summed E-state index contributed by atoms with van der Waals surface area (Å²) in [6.07, 6.45) is 3.52. The molecular formula is C19H29NO. The number of β-amino-alcohol motifs (C(OH)–C–C–N with tert-alkyl or cyclic N) is 1. The molecule has 2 aliphatic rings. The molecule has 0 amide bonds. The summed E-state index contributed by atoms with van der Waals surface area (Å²) in [6, 6.07) is 8.96. The summed E-state index contributed by atoms with van der Waals surface area (Å²) in [4.78, 5) is 2.54. The number of hydrogen-bond acceptors (Lipinski definition) is 2. The molecule has 1 aliphatic carbocycles. The minimum absolute atomic E-state index is 0.364. The molecule has 2 heteroatoms. The summed E-state index contributed by atoms with van der Waals surface area (Å²) in [7, 11) is 0. The van der Waals surface area contributed by atoms with E-state index in [1.54, 1.807) is 0 Å². The fourth-order valence-corrected chi connectivity index (χ4v) is 4.91. The first kappa shape index (κ1) is 15.1. The number of aliphatic hydroxyl groups is 1. The zero-order valence-electron chi connectivity index (χ0n) is 13.9. The van der Waals surface area contributed by atoms with Crippen LogP contribution in [-0.4, -0.2) is 29.1 Å². The highest BCUT2D eigenvalue weighted by Gasteiger charge is 2.49. The number of aliphatic hydroxyl groups excluding tert-OH is 1. The maximum absolute atomic E-state index is 10.6. The lowest BCUT2D eigenvalue weighted by molar-refractivity contribution is 0.0921. The SMILES string of the molecule is Cc1ccc(C(O)CN2CC3(C)CC2CC(C)(C)C3)cc1. The minimum atomic E-state index is -0.364. The molecule has 1 saturated heterocycles. The predicted molar refractivity (Wildman–Crippen MR) is 87.2 cm³/mol. The van der Waals surface area contributed by atoms with Gasteiger partial charge >= 0.3 is 0 Å². The van der Waals surface area contributed by atoms with Gasteiger partial charge < -0.3 is 5.11 Å². The van der Waals surface area contributed by atoms with E-state index < -0.39 is 0 Å². The van der Waals surface area contributed by atoms with Crippen molar-refractivity contribution in [1.29, 1.82) is 0 Å². The quantitative estimate of drug-likeness (QED) is 0.910. The van der Waals surface area contributed by atoms with Crippen LogP contribution in [0.5, 0.6) is 0 Å². The summed E-state index contributed by atoms with van der Waals surface area (Å²) in [5.74, 6) is 0. The lowest BCUT2D eigenvalue weighted by Gasteiger charge is -2.40. The first-order chi connectivity index (χ1) is 9.76. The third-order valence-electron chi connectivity index (χ3n) is 5.39. The summed E-state index contributed by atoms with van der Waals surface area (Å²) in [6.45, 7) is 11.2. The molecule has 1 saturated carbocycles. The van der Waals surface area contributed by atoms with Crippen molar-refractivity contribution in [1.82, 2.24) is 4.90 Å². The van der Waals surface area contributed by atoms with Gasteiger partial charge in [0, 0.05) is 19.1 Å². The third-order valence-corrected chi connectivity index (χ3v) is 5.39. The number of hydrogen-bond donors (Lipinski definition) is 1. The van der Waals surface area contributed by atoms with Gasteiger partial charge in [0.25, 0.3) is 0 Å². The van der Waals surface area contributed by atoms with E-state index in [2.05, 4.69) is 56.9 Å². The smallest absolute Gasteiger partial charge is 0.0917 e. The van der Waals surface area contributed by atoms with Crippen molar-refractivity contribution >= 4 is 0 Å². The van der Waals surface area contributed by atoms with E-state index in [1.807, 2.05) is 0 Å².